The van der Waals surface area contributed by atoms with Gasteiger partial charge in [-0.2, -0.15) is 15.0 Å². The zero-order valence-electron chi connectivity index (χ0n) is 6.95. The van der Waals surface area contributed by atoms with E-state index in [0.717, 1.165) is 0 Å². The first-order valence-corrected chi connectivity index (χ1v) is 3.81. The van der Waals surface area contributed by atoms with Gasteiger partial charge in [0.2, 0.25) is 0 Å². The predicted molar refractivity (Wildman–Crippen MR) is 52.1 cm³/mol. The zero-order chi connectivity index (χ0) is 9.84. The molecule has 0 unspecified atom stereocenters. The van der Waals surface area contributed by atoms with Gasteiger partial charge in [-0.05, 0) is 0 Å². The number of nitrogens with zero attached hydrogens (tertiary/aromatic N) is 3. The van der Waals surface area contributed by atoms with E-state index in [1.807, 2.05) is 0 Å². The van der Waals surface area contributed by atoms with E-state index in [9.17, 15) is 0 Å². The number of halogens is 1. The van der Waals surface area contributed by atoms with Gasteiger partial charge in [-0.1, -0.05) is 11.6 Å². The Kier molecular flexibility index (Phi) is 2.86. The van der Waals surface area contributed by atoms with Crippen molar-refractivity contribution in [3.8, 4) is 0 Å². The Hall–Kier alpha value is -1.56. The molecule has 0 radical (unpaired) electrons. The van der Waals surface area contributed by atoms with Crippen LogP contribution in [0.25, 0.3) is 0 Å². The van der Waals surface area contributed by atoms with Crippen molar-refractivity contribution in [3.63, 3.8) is 0 Å². The molecule has 5 N–H and O–H groups in total. The normalized spacial score (nSPS) is 9.38. The van der Waals surface area contributed by atoms with E-state index in [-0.39, 0.29) is 17.1 Å². The van der Waals surface area contributed by atoms with Crippen LogP contribution in [-0.4, -0.2) is 23.0 Å². The second-order valence-electron chi connectivity index (χ2n) is 2.16. The topological polar surface area (TPSA) is 102 Å². The molecule has 7 heteroatoms. The average Bonchev–Trinajstić information content (AvgIpc) is 2.01. The molecule has 0 aromatic carbocycles. The van der Waals surface area contributed by atoms with Crippen LogP contribution < -0.4 is 16.8 Å². The molecule has 0 aliphatic rings. The molecule has 0 spiro atoms. The molecular weight excluding hydrogens is 192 g/mol. The van der Waals surface area contributed by atoms with E-state index in [2.05, 4.69) is 20.3 Å². The van der Waals surface area contributed by atoms with E-state index < -0.39 is 0 Å². The fourth-order valence-electron chi connectivity index (χ4n) is 0.699. The van der Waals surface area contributed by atoms with E-state index in [1.54, 1.807) is 13.1 Å². The van der Waals surface area contributed by atoms with Crippen LogP contribution in [-0.2, 0) is 0 Å². The van der Waals surface area contributed by atoms with E-state index in [1.165, 1.54) is 0 Å². The third kappa shape index (κ3) is 2.75. The summed E-state index contributed by atoms with van der Waals surface area (Å²) in [5, 5.41) is 3.07. The first-order valence-electron chi connectivity index (χ1n) is 3.44. The highest BCUT2D eigenvalue weighted by atomic mass is 35.5. The summed E-state index contributed by atoms with van der Waals surface area (Å²) in [4.78, 5) is 11.4. The van der Waals surface area contributed by atoms with E-state index in [0.29, 0.717) is 5.82 Å². The van der Waals surface area contributed by atoms with Crippen molar-refractivity contribution in [3.05, 3.63) is 11.2 Å². The van der Waals surface area contributed by atoms with Gasteiger partial charge in [0.15, 0.2) is 5.96 Å². The largest absolute Gasteiger partial charge is 0.373 e. The van der Waals surface area contributed by atoms with Crippen LogP contribution in [0.15, 0.2) is 11.1 Å². The Morgan fingerprint density at radius 3 is 2.77 bits per heavy atom. The minimum Gasteiger partial charge on any atom is -0.373 e. The standard InChI is InChI=1S/C6H9ClN6/c1-10-4-2-3(7)11-6(12-4)13-5(8)9/h2H,1H3,(H5,8,9,10,11,12,13). The predicted octanol–water partition coefficient (Wildman–Crippen LogP) is 0.0766. The molecule has 1 heterocycles. The van der Waals surface area contributed by atoms with Crippen LogP contribution in [0.5, 0.6) is 0 Å². The van der Waals surface area contributed by atoms with Crippen molar-refractivity contribution < 1.29 is 0 Å². The Morgan fingerprint density at radius 2 is 2.23 bits per heavy atom. The molecule has 70 valence electrons. The first kappa shape index (κ1) is 9.53. The number of hydrogen-bond acceptors (Lipinski definition) is 4. The molecule has 0 fully saturated rings. The summed E-state index contributed by atoms with van der Waals surface area (Å²) in [7, 11) is 1.71. The van der Waals surface area contributed by atoms with Crippen LogP contribution >= 0.6 is 11.6 Å². The lowest BCUT2D eigenvalue weighted by molar-refractivity contribution is 1.12. The quantitative estimate of drug-likeness (QED) is 0.356. The Labute approximate surface area is 80.0 Å². The molecule has 1 aromatic heterocycles. The maximum absolute atomic E-state index is 5.67. The second-order valence-corrected chi connectivity index (χ2v) is 2.55. The van der Waals surface area contributed by atoms with Gasteiger partial charge in [-0.15, -0.1) is 0 Å². The van der Waals surface area contributed by atoms with Gasteiger partial charge in [0.1, 0.15) is 11.0 Å². The monoisotopic (exact) mass is 200 g/mol. The highest BCUT2D eigenvalue weighted by Gasteiger charge is 2.00. The van der Waals surface area contributed by atoms with Crippen molar-refractivity contribution in [1.82, 2.24) is 9.97 Å². The number of guanidine groups is 1. The summed E-state index contributed by atoms with van der Waals surface area (Å²) in [5.74, 6) is 0.584. The number of anilines is 1. The number of aliphatic imine (C=N–C) groups is 1. The van der Waals surface area contributed by atoms with Crippen LogP contribution in [0.2, 0.25) is 5.15 Å². The number of aromatic nitrogens is 2. The number of nitrogens with two attached hydrogens (primary N) is 2. The molecule has 0 aliphatic heterocycles. The molecule has 0 amide bonds. The van der Waals surface area contributed by atoms with Crippen LogP contribution in [0.4, 0.5) is 11.8 Å². The van der Waals surface area contributed by atoms with Gasteiger partial charge in [0.25, 0.3) is 5.95 Å². The number of nitrogens with one attached hydrogen (secondary N) is 1. The van der Waals surface area contributed by atoms with Crippen molar-refractivity contribution in [2.45, 2.75) is 0 Å². The molecule has 0 saturated carbocycles. The summed E-state index contributed by atoms with van der Waals surface area (Å²) in [6, 6.07) is 1.56. The van der Waals surface area contributed by atoms with Gasteiger partial charge in [-0.25, -0.2) is 0 Å². The van der Waals surface area contributed by atoms with Crippen LogP contribution in [0, 0.1) is 0 Å². The lowest BCUT2D eigenvalue weighted by Crippen LogP contribution is -2.22. The SMILES string of the molecule is CNc1cc(Cl)nc(N=C(N)N)n1. The van der Waals surface area contributed by atoms with E-state index >= 15 is 0 Å². The van der Waals surface area contributed by atoms with Crippen LogP contribution in [0.1, 0.15) is 0 Å². The molecule has 6 nitrogen and oxygen atoms in total. The van der Waals surface area contributed by atoms with Gasteiger partial charge < -0.3 is 16.8 Å². The Bertz CT molecular complexity index is 332. The minimum atomic E-state index is -0.107. The third-order valence-electron chi connectivity index (χ3n) is 1.17. The summed E-state index contributed by atoms with van der Waals surface area (Å²) >= 11 is 5.67. The molecular formula is C6H9ClN6. The fraction of sp³-hybridized carbons (Fsp3) is 0.167. The lowest BCUT2D eigenvalue weighted by Gasteiger charge is -2.00. The van der Waals surface area contributed by atoms with Gasteiger partial charge >= 0.3 is 0 Å². The summed E-state index contributed by atoms with van der Waals surface area (Å²) in [5.41, 5.74) is 10.3. The van der Waals surface area contributed by atoms with Gasteiger partial charge in [0, 0.05) is 13.1 Å². The third-order valence-corrected chi connectivity index (χ3v) is 1.36. The molecule has 1 rings (SSSR count). The Morgan fingerprint density at radius 1 is 1.54 bits per heavy atom. The molecule has 13 heavy (non-hydrogen) atoms. The maximum Gasteiger partial charge on any atom is 0.255 e. The first-order chi connectivity index (χ1) is 6.11. The number of hydrogen-bond donors (Lipinski definition) is 3. The molecule has 0 aliphatic carbocycles. The average molecular weight is 201 g/mol. The van der Waals surface area contributed by atoms with E-state index in [4.69, 9.17) is 23.1 Å². The number of rotatable bonds is 2. The molecule has 0 atom stereocenters. The summed E-state index contributed by atoms with van der Waals surface area (Å²) in [6.07, 6.45) is 0. The van der Waals surface area contributed by atoms with Crippen molar-refractivity contribution >= 4 is 29.3 Å². The molecule has 0 saturated heterocycles. The van der Waals surface area contributed by atoms with Gasteiger partial charge in [-0.3, -0.25) is 0 Å². The van der Waals surface area contributed by atoms with Crippen molar-refractivity contribution in [2.75, 3.05) is 12.4 Å². The Balaban J connectivity index is 3.09. The molecule has 0 bridgehead atoms. The highest BCUT2D eigenvalue weighted by molar-refractivity contribution is 6.29. The van der Waals surface area contributed by atoms with Gasteiger partial charge in [0.05, 0.1) is 0 Å². The fourth-order valence-corrected chi connectivity index (χ4v) is 0.878. The van der Waals surface area contributed by atoms with Crippen molar-refractivity contribution in [1.29, 1.82) is 0 Å². The smallest absolute Gasteiger partial charge is 0.255 e. The molecule has 1 aromatic rings. The summed E-state index contributed by atoms with van der Waals surface area (Å²) < 4.78 is 0. The highest BCUT2D eigenvalue weighted by Crippen LogP contribution is 2.15. The van der Waals surface area contributed by atoms with Crippen molar-refractivity contribution in [2.24, 2.45) is 16.5 Å². The summed E-state index contributed by atoms with van der Waals surface area (Å²) in [6.45, 7) is 0. The second kappa shape index (κ2) is 3.90. The van der Waals surface area contributed by atoms with Crippen LogP contribution in [0.3, 0.4) is 0 Å². The maximum atomic E-state index is 5.67. The lowest BCUT2D eigenvalue weighted by atomic mass is 10.6. The zero-order valence-corrected chi connectivity index (χ0v) is 7.71. The minimum absolute atomic E-state index is 0.107.